The molecule has 2 N–H and O–H groups in total. The molecule has 1 aromatic heterocycles. The van der Waals surface area contributed by atoms with Gasteiger partial charge in [-0.1, -0.05) is 54.1 Å². The molecule has 1 heterocycles. The maximum atomic E-state index is 12.5. The van der Waals surface area contributed by atoms with Crippen molar-refractivity contribution in [3.05, 3.63) is 87.1 Å². The van der Waals surface area contributed by atoms with Crippen molar-refractivity contribution in [1.29, 1.82) is 0 Å². The van der Waals surface area contributed by atoms with E-state index in [9.17, 15) is 4.79 Å². The molecule has 3 rings (SSSR count). The molecule has 25 heavy (non-hydrogen) atoms. The zero-order valence-electron chi connectivity index (χ0n) is 13.8. The second-order valence-electron chi connectivity index (χ2n) is 5.69. The van der Waals surface area contributed by atoms with Crippen molar-refractivity contribution in [3.63, 3.8) is 0 Å². The molecule has 2 aromatic carbocycles. The number of thiophene rings is 1. The van der Waals surface area contributed by atoms with Gasteiger partial charge < -0.3 is 10.6 Å². The van der Waals surface area contributed by atoms with Crippen molar-refractivity contribution in [1.82, 2.24) is 5.32 Å². The number of rotatable bonds is 6. The largest absolute Gasteiger partial charge is 0.376 e. The second-order valence-corrected chi connectivity index (χ2v) is 7.08. The van der Waals surface area contributed by atoms with Crippen molar-refractivity contribution in [3.8, 4) is 0 Å². The summed E-state index contributed by atoms with van der Waals surface area (Å²) in [4.78, 5) is 13.6. The van der Waals surface area contributed by atoms with E-state index in [1.165, 1.54) is 0 Å². The molecule has 5 heteroatoms. The highest BCUT2D eigenvalue weighted by molar-refractivity contribution is 7.10. The number of benzene rings is 2. The third kappa shape index (κ3) is 4.41. The molecule has 3 aromatic rings. The van der Waals surface area contributed by atoms with Gasteiger partial charge in [-0.05, 0) is 41.6 Å². The summed E-state index contributed by atoms with van der Waals surface area (Å²) in [5, 5.41) is 8.98. The molecule has 0 bridgehead atoms. The Hall–Kier alpha value is -2.30. The number of halogens is 1. The van der Waals surface area contributed by atoms with E-state index in [-0.39, 0.29) is 18.5 Å². The lowest BCUT2D eigenvalue weighted by molar-refractivity contribution is -0.119. The number of carbonyl (C=O) groups excluding carboxylic acids is 1. The normalized spacial score (nSPS) is 11.8. The first-order valence-electron chi connectivity index (χ1n) is 8.02. The molecule has 0 aliphatic rings. The summed E-state index contributed by atoms with van der Waals surface area (Å²) < 4.78 is 0. The number of nitrogens with one attached hydrogen (secondary N) is 2. The van der Waals surface area contributed by atoms with Crippen LogP contribution in [0.5, 0.6) is 0 Å². The summed E-state index contributed by atoms with van der Waals surface area (Å²) in [5.41, 5.74) is 2.88. The van der Waals surface area contributed by atoms with E-state index in [0.29, 0.717) is 5.02 Å². The van der Waals surface area contributed by atoms with Gasteiger partial charge in [0.2, 0.25) is 5.91 Å². The fourth-order valence-electron chi connectivity index (χ4n) is 2.61. The zero-order chi connectivity index (χ0) is 17.6. The van der Waals surface area contributed by atoms with E-state index in [1.54, 1.807) is 11.3 Å². The Kier molecular flexibility index (Phi) is 5.74. The van der Waals surface area contributed by atoms with Gasteiger partial charge in [-0.25, -0.2) is 0 Å². The third-order valence-electron chi connectivity index (χ3n) is 3.97. The van der Waals surface area contributed by atoms with Gasteiger partial charge in [-0.2, -0.15) is 0 Å². The van der Waals surface area contributed by atoms with E-state index in [1.807, 2.05) is 73.0 Å². The third-order valence-corrected chi connectivity index (χ3v) is 5.32. The van der Waals surface area contributed by atoms with Crippen molar-refractivity contribution < 1.29 is 4.79 Å². The first-order valence-corrected chi connectivity index (χ1v) is 9.27. The summed E-state index contributed by atoms with van der Waals surface area (Å²) in [7, 11) is 0. The maximum absolute atomic E-state index is 12.5. The first-order chi connectivity index (χ1) is 12.1. The summed E-state index contributed by atoms with van der Waals surface area (Å²) in [6.07, 6.45) is 0. The number of amides is 1. The van der Waals surface area contributed by atoms with Crippen LogP contribution in [-0.4, -0.2) is 12.5 Å². The summed E-state index contributed by atoms with van der Waals surface area (Å²) >= 11 is 7.76. The molecule has 0 aliphatic heterocycles. The number of carbonyl (C=O) groups is 1. The van der Waals surface area contributed by atoms with Crippen LogP contribution >= 0.6 is 22.9 Å². The number of hydrogen-bond acceptors (Lipinski definition) is 3. The Labute approximate surface area is 156 Å². The molecular weight excluding hydrogens is 352 g/mol. The molecule has 0 saturated carbocycles. The van der Waals surface area contributed by atoms with Crippen molar-refractivity contribution in [2.45, 2.75) is 13.0 Å². The van der Waals surface area contributed by atoms with Gasteiger partial charge in [0.1, 0.15) is 0 Å². The van der Waals surface area contributed by atoms with Gasteiger partial charge in [0, 0.05) is 15.6 Å². The van der Waals surface area contributed by atoms with Crippen LogP contribution in [0.2, 0.25) is 5.02 Å². The highest BCUT2D eigenvalue weighted by Gasteiger charge is 2.17. The summed E-state index contributed by atoms with van der Waals surface area (Å²) in [6, 6.07) is 19.5. The van der Waals surface area contributed by atoms with Crippen LogP contribution < -0.4 is 10.6 Å². The van der Waals surface area contributed by atoms with E-state index < -0.39 is 0 Å². The van der Waals surface area contributed by atoms with Gasteiger partial charge >= 0.3 is 0 Å². The summed E-state index contributed by atoms with van der Waals surface area (Å²) in [6.45, 7) is 2.12. The Morgan fingerprint density at radius 2 is 1.88 bits per heavy atom. The highest BCUT2D eigenvalue weighted by atomic mass is 35.5. The second kappa shape index (κ2) is 8.19. The fraction of sp³-hybridized carbons (Fsp3) is 0.150. The maximum Gasteiger partial charge on any atom is 0.240 e. The smallest absolute Gasteiger partial charge is 0.240 e. The first kappa shape index (κ1) is 17.5. The van der Waals surface area contributed by atoms with Crippen molar-refractivity contribution in [2.24, 2.45) is 0 Å². The van der Waals surface area contributed by atoms with Crippen LogP contribution in [0.15, 0.2) is 66.0 Å². The van der Waals surface area contributed by atoms with Crippen LogP contribution in [0.3, 0.4) is 0 Å². The van der Waals surface area contributed by atoms with Gasteiger partial charge in [0.15, 0.2) is 0 Å². The quantitative estimate of drug-likeness (QED) is 0.639. The topological polar surface area (TPSA) is 41.1 Å². The average Bonchev–Trinajstić information content (AvgIpc) is 3.16. The Morgan fingerprint density at radius 1 is 1.08 bits per heavy atom. The molecule has 128 valence electrons. The zero-order valence-corrected chi connectivity index (χ0v) is 15.4. The Balaban J connectivity index is 1.70. The molecule has 0 radical (unpaired) electrons. The molecule has 0 saturated heterocycles. The van der Waals surface area contributed by atoms with Gasteiger partial charge in [0.25, 0.3) is 0 Å². The molecular formula is C20H19ClN2OS. The fourth-order valence-corrected chi connectivity index (χ4v) is 3.58. The average molecular weight is 371 g/mol. The minimum atomic E-state index is -0.143. The molecule has 1 atom stereocenters. The monoisotopic (exact) mass is 370 g/mol. The van der Waals surface area contributed by atoms with E-state index >= 15 is 0 Å². The predicted molar refractivity (Wildman–Crippen MR) is 105 cm³/mol. The molecule has 1 unspecified atom stereocenters. The standard InChI is InChI=1S/C20H19ClN2OS/c1-14-16(21)9-5-10-17(14)22-13-19(24)23-20(18-11-6-12-25-18)15-7-3-2-4-8-15/h2-12,20,22H,13H2,1H3,(H,23,24). The van der Waals surface area contributed by atoms with E-state index in [2.05, 4.69) is 10.6 Å². The van der Waals surface area contributed by atoms with Crippen LogP contribution in [0.1, 0.15) is 22.0 Å². The predicted octanol–water partition coefficient (Wildman–Crippen LogP) is 5.03. The highest BCUT2D eigenvalue weighted by Crippen LogP contribution is 2.26. The van der Waals surface area contributed by atoms with Gasteiger partial charge in [-0.15, -0.1) is 11.3 Å². The number of anilines is 1. The van der Waals surface area contributed by atoms with Gasteiger partial charge in [0.05, 0.1) is 12.6 Å². The number of hydrogen-bond donors (Lipinski definition) is 2. The SMILES string of the molecule is Cc1c(Cl)cccc1NCC(=O)NC(c1ccccc1)c1cccs1. The molecule has 0 spiro atoms. The van der Waals surface area contributed by atoms with Crippen LogP contribution in [0.25, 0.3) is 0 Å². The van der Waals surface area contributed by atoms with E-state index in [0.717, 1.165) is 21.7 Å². The van der Waals surface area contributed by atoms with E-state index in [4.69, 9.17) is 11.6 Å². The van der Waals surface area contributed by atoms with Crippen LogP contribution in [-0.2, 0) is 4.79 Å². The Bertz CT molecular complexity index is 834. The molecule has 1 amide bonds. The summed E-state index contributed by atoms with van der Waals surface area (Å²) in [5.74, 6) is -0.0679. The minimum absolute atomic E-state index is 0.0679. The Morgan fingerprint density at radius 3 is 2.60 bits per heavy atom. The lowest BCUT2D eigenvalue weighted by Gasteiger charge is -2.19. The minimum Gasteiger partial charge on any atom is -0.376 e. The van der Waals surface area contributed by atoms with Crippen molar-refractivity contribution in [2.75, 3.05) is 11.9 Å². The lowest BCUT2D eigenvalue weighted by Crippen LogP contribution is -2.33. The van der Waals surface area contributed by atoms with Crippen LogP contribution in [0, 0.1) is 6.92 Å². The molecule has 3 nitrogen and oxygen atoms in total. The van der Waals surface area contributed by atoms with Crippen LogP contribution in [0.4, 0.5) is 5.69 Å². The van der Waals surface area contributed by atoms with Crippen molar-refractivity contribution >= 4 is 34.5 Å². The lowest BCUT2D eigenvalue weighted by atomic mass is 10.1. The van der Waals surface area contributed by atoms with Gasteiger partial charge in [-0.3, -0.25) is 4.79 Å². The molecule has 0 fully saturated rings. The molecule has 0 aliphatic carbocycles.